The third-order valence-electron chi connectivity index (χ3n) is 2.71. The highest BCUT2D eigenvalue weighted by molar-refractivity contribution is 5.48. The fourth-order valence-electron chi connectivity index (χ4n) is 1.59. The van der Waals surface area contributed by atoms with Crippen LogP contribution >= 0.6 is 0 Å². The highest BCUT2D eigenvalue weighted by Gasteiger charge is 1.97. The van der Waals surface area contributed by atoms with E-state index in [0.717, 1.165) is 22.7 Å². The van der Waals surface area contributed by atoms with E-state index in [4.69, 9.17) is 4.74 Å². The van der Waals surface area contributed by atoms with Crippen LogP contribution in [0.3, 0.4) is 0 Å². The Balaban J connectivity index is 2.21. The van der Waals surface area contributed by atoms with Gasteiger partial charge in [0.1, 0.15) is 5.75 Å². The Bertz CT molecular complexity index is 559. The zero-order valence-corrected chi connectivity index (χ0v) is 10.8. The molecule has 0 amide bonds. The number of methoxy groups -OCH3 is 1. The van der Waals surface area contributed by atoms with E-state index in [-0.39, 0.29) is 0 Å². The maximum atomic E-state index is 5.09. The maximum absolute atomic E-state index is 5.09. The minimum Gasteiger partial charge on any atom is -0.497 e. The summed E-state index contributed by atoms with van der Waals surface area (Å²) in [4.78, 5) is 0. The molecule has 2 aromatic rings. The van der Waals surface area contributed by atoms with Gasteiger partial charge in [0.15, 0.2) is 0 Å². The van der Waals surface area contributed by atoms with Crippen molar-refractivity contribution in [1.29, 1.82) is 0 Å². The van der Waals surface area contributed by atoms with Gasteiger partial charge in [-0.2, -0.15) is 10.2 Å². The number of azo groups is 1. The van der Waals surface area contributed by atoms with Gasteiger partial charge in [0.05, 0.1) is 18.5 Å². The Hall–Kier alpha value is -2.16. The van der Waals surface area contributed by atoms with E-state index in [1.807, 2.05) is 44.2 Å². The Morgan fingerprint density at radius 3 is 2.28 bits per heavy atom. The van der Waals surface area contributed by atoms with Crippen molar-refractivity contribution in [2.24, 2.45) is 10.2 Å². The fraction of sp³-hybridized carbons (Fsp3) is 0.200. The molecule has 0 heterocycles. The molecule has 0 N–H and O–H groups in total. The van der Waals surface area contributed by atoms with Crippen LogP contribution in [0.4, 0.5) is 11.4 Å². The topological polar surface area (TPSA) is 34.0 Å². The van der Waals surface area contributed by atoms with Crippen LogP contribution in [0.5, 0.6) is 5.75 Å². The van der Waals surface area contributed by atoms with E-state index in [0.29, 0.717) is 0 Å². The van der Waals surface area contributed by atoms with E-state index < -0.39 is 0 Å². The quantitative estimate of drug-likeness (QED) is 0.714. The first-order chi connectivity index (χ1) is 8.69. The second-order valence-corrected chi connectivity index (χ2v) is 4.19. The van der Waals surface area contributed by atoms with Gasteiger partial charge < -0.3 is 4.74 Å². The minimum atomic E-state index is 0.816. The average Bonchev–Trinajstić information content (AvgIpc) is 2.40. The molecule has 3 heteroatoms. The molecular formula is C15H16N2O. The number of ether oxygens (including phenoxy) is 1. The van der Waals surface area contributed by atoms with Crippen LogP contribution in [0.1, 0.15) is 11.1 Å². The van der Waals surface area contributed by atoms with Crippen molar-refractivity contribution in [1.82, 2.24) is 0 Å². The van der Waals surface area contributed by atoms with Crippen LogP contribution in [-0.2, 0) is 0 Å². The molecule has 3 nitrogen and oxygen atoms in total. The summed E-state index contributed by atoms with van der Waals surface area (Å²) in [6.45, 7) is 4.08. The minimum absolute atomic E-state index is 0.816. The van der Waals surface area contributed by atoms with Gasteiger partial charge in [-0.05, 0) is 55.3 Å². The smallest absolute Gasteiger partial charge is 0.119 e. The van der Waals surface area contributed by atoms with E-state index in [1.54, 1.807) is 7.11 Å². The second-order valence-electron chi connectivity index (χ2n) is 4.19. The van der Waals surface area contributed by atoms with Gasteiger partial charge in [-0.25, -0.2) is 0 Å². The number of benzene rings is 2. The van der Waals surface area contributed by atoms with Crippen LogP contribution in [0.15, 0.2) is 52.7 Å². The second kappa shape index (κ2) is 5.45. The summed E-state index contributed by atoms with van der Waals surface area (Å²) in [6, 6.07) is 13.7. The number of aryl methyl sites for hydroxylation is 2. The van der Waals surface area contributed by atoms with Crippen molar-refractivity contribution in [3.05, 3.63) is 53.6 Å². The molecule has 0 spiro atoms. The van der Waals surface area contributed by atoms with Crippen molar-refractivity contribution in [2.45, 2.75) is 13.8 Å². The predicted molar refractivity (Wildman–Crippen MR) is 73.1 cm³/mol. The summed E-state index contributed by atoms with van der Waals surface area (Å²) >= 11 is 0. The van der Waals surface area contributed by atoms with E-state index in [2.05, 4.69) is 22.4 Å². The molecule has 0 aromatic heterocycles. The molecule has 0 atom stereocenters. The first kappa shape index (κ1) is 12.3. The number of nitrogens with zero attached hydrogens (tertiary/aromatic N) is 2. The Morgan fingerprint density at radius 2 is 1.61 bits per heavy atom. The molecule has 0 saturated heterocycles. The van der Waals surface area contributed by atoms with Gasteiger partial charge in [0.2, 0.25) is 0 Å². The molecule has 92 valence electrons. The molecule has 0 bridgehead atoms. The molecule has 0 saturated carbocycles. The van der Waals surface area contributed by atoms with Gasteiger partial charge in [-0.1, -0.05) is 12.1 Å². The summed E-state index contributed by atoms with van der Waals surface area (Å²) in [5.74, 6) is 0.820. The Morgan fingerprint density at radius 1 is 0.889 bits per heavy atom. The molecule has 0 fully saturated rings. The lowest BCUT2D eigenvalue weighted by Gasteiger charge is -2.01. The SMILES string of the molecule is COc1ccc(N=Nc2cc(C)ccc2C)cc1. The molecule has 0 aliphatic carbocycles. The lowest BCUT2D eigenvalue weighted by molar-refractivity contribution is 0.415. The van der Waals surface area contributed by atoms with Crippen LogP contribution in [0.2, 0.25) is 0 Å². The van der Waals surface area contributed by atoms with Gasteiger partial charge in [0.25, 0.3) is 0 Å². The largest absolute Gasteiger partial charge is 0.497 e. The molecule has 0 aliphatic heterocycles. The van der Waals surface area contributed by atoms with Gasteiger partial charge in [0, 0.05) is 0 Å². The molecule has 0 radical (unpaired) electrons. The molecule has 2 aromatic carbocycles. The van der Waals surface area contributed by atoms with Gasteiger partial charge in [-0.15, -0.1) is 0 Å². The molecule has 0 aliphatic rings. The van der Waals surface area contributed by atoms with Crippen LogP contribution < -0.4 is 4.74 Å². The van der Waals surface area contributed by atoms with E-state index in [9.17, 15) is 0 Å². The predicted octanol–water partition coefficient (Wildman–Crippen LogP) is 4.73. The van der Waals surface area contributed by atoms with E-state index >= 15 is 0 Å². The normalized spacial score (nSPS) is 10.8. The van der Waals surface area contributed by atoms with Crippen molar-refractivity contribution in [2.75, 3.05) is 7.11 Å². The summed E-state index contributed by atoms with van der Waals surface area (Å²) < 4.78 is 5.09. The first-order valence-corrected chi connectivity index (χ1v) is 5.82. The van der Waals surface area contributed by atoms with Crippen molar-refractivity contribution in [3.8, 4) is 5.75 Å². The number of hydrogen-bond donors (Lipinski definition) is 0. The van der Waals surface area contributed by atoms with Crippen LogP contribution in [0, 0.1) is 13.8 Å². The molecule has 0 unspecified atom stereocenters. The highest BCUT2D eigenvalue weighted by atomic mass is 16.5. The number of hydrogen-bond acceptors (Lipinski definition) is 3. The highest BCUT2D eigenvalue weighted by Crippen LogP contribution is 2.24. The van der Waals surface area contributed by atoms with Crippen LogP contribution in [0.25, 0.3) is 0 Å². The van der Waals surface area contributed by atoms with Gasteiger partial charge >= 0.3 is 0 Å². The molecular weight excluding hydrogens is 224 g/mol. The lowest BCUT2D eigenvalue weighted by atomic mass is 10.1. The molecule has 2 rings (SSSR count). The standard InChI is InChI=1S/C15H16N2O/c1-11-4-5-12(2)15(10-11)17-16-13-6-8-14(18-3)9-7-13/h4-10H,1-3H3. The average molecular weight is 240 g/mol. The monoisotopic (exact) mass is 240 g/mol. The van der Waals surface area contributed by atoms with Crippen molar-refractivity contribution in [3.63, 3.8) is 0 Å². The summed E-state index contributed by atoms with van der Waals surface area (Å²) in [7, 11) is 1.65. The fourth-order valence-corrected chi connectivity index (χ4v) is 1.59. The zero-order valence-electron chi connectivity index (χ0n) is 10.8. The van der Waals surface area contributed by atoms with Crippen molar-refractivity contribution >= 4 is 11.4 Å². The number of rotatable bonds is 3. The van der Waals surface area contributed by atoms with Crippen LogP contribution in [-0.4, -0.2) is 7.11 Å². The first-order valence-electron chi connectivity index (χ1n) is 5.82. The lowest BCUT2D eigenvalue weighted by Crippen LogP contribution is -1.79. The molecule has 18 heavy (non-hydrogen) atoms. The maximum Gasteiger partial charge on any atom is 0.119 e. The summed E-state index contributed by atoms with van der Waals surface area (Å²) in [5.41, 5.74) is 4.03. The van der Waals surface area contributed by atoms with Crippen molar-refractivity contribution < 1.29 is 4.74 Å². The third-order valence-corrected chi connectivity index (χ3v) is 2.71. The Kier molecular flexibility index (Phi) is 3.72. The zero-order chi connectivity index (χ0) is 13.0. The van der Waals surface area contributed by atoms with E-state index in [1.165, 1.54) is 5.56 Å². The van der Waals surface area contributed by atoms with Gasteiger partial charge in [-0.3, -0.25) is 0 Å². The summed E-state index contributed by atoms with van der Waals surface area (Å²) in [6.07, 6.45) is 0. The third kappa shape index (κ3) is 2.94. The Labute approximate surface area is 107 Å². The summed E-state index contributed by atoms with van der Waals surface area (Å²) in [5, 5.41) is 8.50.